The Labute approximate surface area is 197 Å². The number of benzene rings is 1. The molecule has 1 aromatic heterocycles. The number of imide groups is 1. The number of rotatable bonds is 7. The van der Waals surface area contributed by atoms with Gasteiger partial charge in [-0.05, 0) is 24.8 Å². The van der Waals surface area contributed by atoms with Gasteiger partial charge in [-0.3, -0.25) is 29.4 Å². The molecule has 11 nitrogen and oxygen atoms in total. The largest absolute Gasteiger partial charge is 0.349 e. The van der Waals surface area contributed by atoms with Crippen LogP contribution in [-0.2, 0) is 22.2 Å². The van der Waals surface area contributed by atoms with Crippen molar-refractivity contribution in [1.82, 2.24) is 35.7 Å². The number of aryl methyl sites for hydroxylation is 1. The van der Waals surface area contributed by atoms with Gasteiger partial charge in [-0.2, -0.15) is 10.1 Å². The lowest BCUT2D eigenvalue weighted by Gasteiger charge is -2.32. The SMILES string of the molecule is CCC1(c2ccccc2)NC(=O)N(NC(=O)CN2CCC(NC(=O)c3cnn(C)c3)CC2)C1=O. The van der Waals surface area contributed by atoms with E-state index in [0.717, 1.165) is 5.01 Å². The van der Waals surface area contributed by atoms with Crippen molar-refractivity contribution in [2.24, 2.45) is 7.05 Å². The highest BCUT2D eigenvalue weighted by Gasteiger charge is 2.52. The van der Waals surface area contributed by atoms with Crippen LogP contribution >= 0.6 is 0 Å². The zero-order chi connectivity index (χ0) is 24.3. The molecule has 180 valence electrons. The maximum Gasteiger partial charge on any atom is 0.344 e. The second-order valence-electron chi connectivity index (χ2n) is 8.66. The highest BCUT2D eigenvalue weighted by atomic mass is 16.2. The third-order valence-corrected chi connectivity index (χ3v) is 6.38. The summed E-state index contributed by atoms with van der Waals surface area (Å²) in [6.45, 7) is 3.07. The third-order valence-electron chi connectivity index (χ3n) is 6.38. The van der Waals surface area contributed by atoms with E-state index in [9.17, 15) is 19.2 Å². The van der Waals surface area contributed by atoms with E-state index in [1.165, 1.54) is 6.20 Å². The summed E-state index contributed by atoms with van der Waals surface area (Å²) in [5.74, 6) is -1.11. The topological polar surface area (TPSA) is 129 Å². The molecule has 11 heteroatoms. The number of carbonyl (C=O) groups is 4. The fourth-order valence-electron chi connectivity index (χ4n) is 4.44. The number of nitrogens with one attached hydrogen (secondary N) is 3. The van der Waals surface area contributed by atoms with Gasteiger partial charge in [-0.25, -0.2) is 4.79 Å². The van der Waals surface area contributed by atoms with Crippen LogP contribution in [0.4, 0.5) is 4.79 Å². The summed E-state index contributed by atoms with van der Waals surface area (Å²) in [5.41, 5.74) is 2.45. The van der Waals surface area contributed by atoms with E-state index < -0.39 is 23.4 Å². The highest BCUT2D eigenvalue weighted by Crippen LogP contribution is 2.31. The molecule has 2 aliphatic rings. The van der Waals surface area contributed by atoms with Gasteiger partial charge in [-0.15, -0.1) is 0 Å². The smallest absolute Gasteiger partial charge is 0.344 e. The lowest BCUT2D eigenvalue weighted by Crippen LogP contribution is -2.52. The molecule has 3 N–H and O–H groups in total. The first-order valence-corrected chi connectivity index (χ1v) is 11.4. The van der Waals surface area contributed by atoms with E-state index in [4.69, 9.17) is 0 Å². The van der Waals surface area contributed by atoms with Crippen molar-refractivity contribution in [3.63, 3.8) is 0 Å². The molecule has 3 heterocycles. The number of aromatic nitrogens is 2. The Kier molecular flexibility index (Phi) is 6.64. The molecule has 0 bridgehead atoms. The minimum Gasteiger partial charge on any atom is -0.349 e. The molecule has 0 aliphatic carbocycles. The first-order valence-electron chi connectivity index (χ1n) is 11.4. The van der Waals surface area contributed by atoms with E-state index in [1.807, 2.05) is 17.9 Å². The first kappa shape index (κ1) is 23.4. The number of hydrogen-bond acceptors (Lipinski definition) is 6. The van der Waals surface area contributed by atoms with Crippen LogP contribution in [0.2, 0.25) is 0 Å². The Hall–Kier alpha value is -3.73. The van der Waals surface area contributed by atoms with Gasteiger partial charge in [0.1, 0.15) is 5.54 Å². The van der Waals surface area contributed by atoms with Gasteiger partial charge in [0, 0.05) is 32.4 Å². The fourth-order valence-corrected chi connectivity index (χ4v) is 4.44. The summed E-state index contributed by atoms with van der Waals surface area (Å²) < 4.78 is 1.58. The number of amides is 5. The van der Waals surface area contributed by atoms with Crippen LogP contribution in [0.5, 0.6) is 0 Å². The number of hydrogen-bond donors (Lipinski definition) is 3. The van der Waals surface area contributed by atoms with Crippen molar-refractivity contribution in [2.45, 2.75) is 37.8 Å². The molecule has 1 aromatic carbocycles. The molecule has 0 spiro atoms. The van der Waals surface area contributed by atoms with Crippen LogP contribution in [0, 0.1) is 0 Å². The maximum atomic E-state index is 13.1. The molecular formula is C23H29N7O4. The molecule has 0 radical (unpaired) electrons. The van der Waals surface area contributed by atoms with Gasteiger partial charge < -0.3 is 10.6 Å². The number of nitrogens with zero attached hydrogens (tertiary/aromatic N) is 4. The van der Waals surface area contributed by atoms with Gasteiger partial charge in [0.25, 0.3) is 17.7 Å². The number of likely N-dealkylation sites (tertiary alicyclic amines) is 1. The first-order chi connectivity index (χ1) is 16.3. The van der Waals surface area contributed by atoms with Crippen molar-refractivity contribution < 1.29 is 19.2 Å². The molecular weight excluding hydrogens is 438 g/mol. The summed E-state index contributed by atoms with van der Waals surface area (Å²) in [5, 5.41) is 10.5. The van der Waals surface area contributed by atoms with Crippen molar-refractivity contribution in [3.05, 3.63) is 53.9 Å². The molecule has 0 saturated carbocycles. The zero-order valence-electron chi connectivity index (χ0n) is 19.3. The summed E-state index contributed by atoms with van der Waals surface area (Å²) >= 11 is 0. The van der Waals surface area contributed by atoms with Crippen LogP contribution < -0.4 is 16.1 Å². The fraction of sp³-hybridized carbons (Fsp3) is 0.435. The minimum absolute atomic E-state index is 0.00833. The second kappa shape index (κ2) is 9.64. The Morgan fingerprint density at radius 2 is 1.88 bits per heavy atom. The minimum atomic E-state index is -1.20. The Morgan fingerprint density at radius 3 is 2.50 bits per heavy atom. The number of carbonyl (C=O) groups excluding carboxylic acids is 4. The van der Waals surface area contributed by atoms with E-state index >= 15 is 0 Å². The van der Waals surface area contributed by atoms with Crippen molar-refractivity contribution >= 4 is 23.8 Å². The molecule has 2 fully saturated rings. The van der Waals surface area contributed by atoms with Gasteiger partial charge in [0.05, 0.1) is 18.3 Å². The molecule has 2 aliphatic heterocycles. The third kappa shape index (κ3) is 4.65. The standard InChI is InChI=1S/C23H29N7O4/c1-3-23(17-7-5-4-6-8-17)21(33)30(22(34)26-23)27-19(31)15-29-11-9-18(10-12-29)25-20(32)16-13-24-28(2)14-16/h4-8,13-14,18H,3,9-12,15H2,1-2H3,(H,25,32)(H,26,34)(H,27,31). The quantitative estimate of drug-likeness (QED) is 0.509. The van der Waals surface area contributed by atoms with E-state index in [1.54, 1.807) is 42.2 Å². The van der Waals surface area contributed by atoms with E-state index in [0.29, 0.717) is 43.5 Å². The normalized spacial score (nSPS) is 21.4. The number of piperidine rings is 1. The second-order valence-corrected chi connectivity index (χ2v) is 8.66. The number of hydrazine groups is 1. The van der Waals surface area contributed by atoms with Crippen molar-refractivity contribution in [2.75, 3.05) is 19.6 Å². The Bertz CT molecular complexity index is 1080. The van der Waals surface area contributed by atoms with Crippen molar-refractivity contribution in [1.29, 1.82) is 0 Å². The predicted molar refractivity (Wildman–Crippen MR) is 122 cm³/mol. The monoisotopic (exact) mass is 467 g/mol. The zero-order valence-corrected chi connectivity index (χ0v) is 19.3. The van der Waals surface area contributed by atoms with Crippen LogP contribution in [0.1, 0.15) is 42.1 Å². The van der Waals surface area contributed by atoms with Crippen LogP contribution in [0.3, 0.4) is 0 Å². The van der Waals surface area contributed by atoms with Crippen molar-refractivity contribution in [3.8, 4) is 0 Å². The average Bonchev–Trinajstić information content (AvgIpc) is 3.38. The molecule has 1 unspecified atom stereocenters. The summed E-state index contributed by atoms with van der Waals surface area (Å²) in [4.78, 5) is 52.5. The Balaban J connectivity index is 1.28. The Morgan fingerprint density at radius 1 is 1.18 bits per heavy atom. The van der Waals surface area contributed by atoms with Gasteiger partial charge in [-0.1, -0.05) is 37.3 Å². The molecule has 2 saturated heterocycles. The molecule has 4 rings (SSSR count). The lowest BCUT2D eigenvalue weighted by atomic mass is 9.87. The van der Waals surface area contributed by atoms with Gasteiger partial charge in [0.15, 0.2) is 0 Å². The molecule has 5 amide bonds. The summed E-state index contributed by atoms with van der Waals surface area (Å²) in [7, 11) is 1.75. The maximum absolute atomic E-state index is 13.1. The number of urea groups is 1. The van der Waals surface area contributed by atoms with E-state index in [2.05, 4.69) is 21.2 Å². The van der Waals surface area contributed by atoms with Crippen LogP contribution in [-0.4, -0.2) is 69.1 Å². The predicted octanol–water partition coefficient (Wildman–Crippen LogP) is 0.503. The van der Waals surface area contributed by atoms with E-state index in [-0.39, 0.29) is 18.5 Å². The molecule has 34 heavy (non-hydrogen) atoms. The van der Waals surface area contributed by atoms with Crippen LogP contribution in [0.25, 0.3) is 0 Å². The summed E-state index contributed by atoms with van der Waals surface area (Å²) in [6, 6.07) is 8.36. The van der Waals surface area contributed by atoms with Gasteiger partial charge in [0.2, 0.25) is 0 Å². The van der Waals surface area contributed by atoms with Gasteiger partial charge >= 0.3 is 6.03 Å². The summed E-state index contributed by atoms with van der Waals surface area (Å²) in [6.07, 6.45) is 4.92. The molecule has 2 aromatic rings. The average molecular weight is 468 g/mol. The van der Waals surface area contributed by atoms with Crippen LogP contribution in [0.15, 0.2) is 42.7 Å². The molecule has 1 atom stereocenters. The lowest BCUT2D eigenvalue weighted by molar-refractivity contribution is -0.140. The highest BCUT2D eigenvalue weighted by molar-refractivity contribution is 6.08.